The zero-order valence-electron chi connectivity index (χ0n) is 14.4. The number of carbonyl (C=O) groups is 1. The van der Waals surface area contributed by atoms with Gasteiger partial charge in [0.15, 0.2) is 0 Å². The summed E-state index contributed by atoms with van der Waals surface area (Å²) in [7, 11) is 0. The number of thioether (sulfide) groups is 1. The van der Waals surface area contributed by atoms with Crippen molar-refractivity contribution in [2.75, 3.05) is 5.75 Å². The minimum Gasteiger partial charge on any atom is -0.439 e. The lowest BCUT2D eigenvalue weighted by atomic mass is 10.2. The second kappa shape index (κ2) is 9.82. The van der Waals surface area contributed by atoms with Gasteiger partial charge in [-0.1, -0.05) is 41.6 Å². The van der Waals surface area contributed by atoms with Gasteiger partial charge in [0, 0.05) is 16.7 Å². The van der Waals surface area contributed by atoms with Gasteiger partial charge in [0.2, 0.25) is 11.8 Å². The lowest BCUT2D eigenvalue weighted by Gasteiger charge is -2.06. The average Bonchev–Trinajstić information content (AvgIpc) is 2.70. The summed E-state index contributed by atoms with van der Waals surface area (Å²) in [6, 6.07) is 14.6. The minimum absolute atomic E-state index is 0.0754. The molecule has 28 heavy (non-hydrogen) atoms. The fourth-order valence-corrected chi connectivity index (χ4v) is 2.78. The van der Waals surface area contributed by atoms with Crippen molar-refractivity contribution in [3.05, 3.63) is 77.3 Å². The first-order valence-electron chi connectivity index (χ1n) is 8.05. The molecule has 0 radical (unpaired) electrons. The fraction of sp³-hybridized carbons (Fsp3) is 0.0526. The molecule has 6 nitrogen and oxygen atoms in total. The quantitative estimate of drug-likeness (QED) is 0.269. The van der Waals surface area contributed by atoms with Crippen molar-refractivity contribution in [3.63, 3.8) is 0 Å². The molecule has 0 aliphatic heterocycles. The van der Waals surface area contributed by atoms with Crippen molar-refractivity contribution in [2.45, 2.75) is 5.03 Å². The highest BCUT2D eigenvalue weighted by molar-refractivity contribution is 7.99. The number of halogens is 2. The molecule has 0 bridgehead atoms. The fourth-order valence-electron chi connectivity index (χ4n) is 2.01. The number of nitrogens with zero attached hydrogens (tertiary/aromatic N) is 3. The molecule has 0 spiro atoms. The Morgan fingerprint density at radius 1 is 1.21 bits per heavy atom. The normalized spacial score (nSPS) is 10.8. The molecule has 0 saturated heterocycles. The summed E-state index contributed by atoms with van der Waals surface area (Å²) in [4.78, 5) is 20.0. The molecule has 2 aromatic carbocycles. The van der Waals surface area contributed by atoms with Gasteiger partial charge in [0.05, 0.1) is 12.0 Å². The van der Waals surface area contributed by atoms with Crippen LogP contribution in [0.15, 0.2) is 71.1 Å². The molecular formula is C19H14ClFN4O2S. The zero-order valence-corrected chi connectivity index (χ0v) is 16.0. The Bertz CT molecular complexity index is 986. The number of rotatable bonds is 7. The van der Waals surface area contributed by atoms with Crippen LogP contribution < -0.4 is 10.2 Å². The summed E-state index contributed by atoms with van der Waals surface area (Å²) in [6.45, 7) is 0. The van der Waals surface area contributed by atoms with Gasteiger partial charge in [-0.25, -0.2) is 19.8 Å². The molecule has 0 saturated carbocycles. The molecule has 142 valence electrons. The van der Waals surface area contributed by atoms with Crippen LogP contribution in [-0.2, 0) is 4.79 Å². The van der Waals surface area contributed by atoms with E-state index in [0.29, 0.717) is 21.7 Å². The van der Waals surface area contributed by atoms with Crippen LogP contribution in [0.3, 0.4) is 0 Å². The van der Waals surface area contributed by atoms with Gasteiger partial charge < -0.3 is 4.74 Å². The standard InChI is InChI=1S/C19H14ClFN4O2S/c20-14-5-7-15(8-6-14)27-18-9-19(23-12-22-18)28-11-17(26)25-24-10-13-3-1-2-4-16(13)21/h1-10,12H,11H2,(H,25,26)/b24-10+. The molecule has 9 heteroatoms. The van der Waals surface area contributed by atoms with Gasteiger partial charge in [-0.05, 0) is 30.3 Å². The van der Waals surface area contributed by atoms with Crippen molar-refractivity contribution in [1.82, 2.24) is 15.4 Å². The number of hydrazone groups is 1. The SMILES string of the molecule is O=C(CSc1cc(Oc2ccc(Cl)cc2)ncn1)N/N=C/c1ccccc1F. The predicted octanol–water partition coefficient (Wildman–Crippen LogP) is 4.30. The second-order valence-corrected chi connectivity index (χ2v) is 6.79. The van der Waals surface area contributed by atoms with Crippen molar-refractivity contribution < 1.29 is 13.9 Å². The van der Waals surface area contributed by atoms with E-state index >= 15 is 0 Å². The highest BCUT2D eigenvalue weighted by atomic mass is 35.5. The van der Waals surface area contributed by atoms with Crippen LogP contribution in [0.1, 0.15) is 5.56 Å². The number of nitrogens with one attached hydrogen (secondary N) is 1. The van der Waals surface area contributed by atoms with E-state index < -0.39 is 5.82 Å². The summed E-state index contributed by atoms with van der Waals surface area (Å²) in [6.07, 6.45) is 2.60. The van der Waals surface area contributed by atoms with Crippen molar-refractivity contribution in [3.8, 4) is 11.6 Å². The Labute approximate surface area is 169 Å². The van der Waals surface area contributed by atoms with E-state index in [1.807, 2.05) is 0 Å². The first-order chi connectivity index (χ1) is 13.6. The molecule has 0 aliphatic carbocycles. The number of ether oxygens (including phenoxy) is 1. The van der Waals surface area contributed by atoms with Crippen molar-refractivity contribution in [1.29, 1.82) is 0 Å². The lowest BCUT2D eigenvalue weighted by molar-refractivity contribution is -0.118. The number of aromatic nitrogens is 2. The van der Waals surface area contributed by atoms with Gasteiger partial charge in [0.25, 0.3) is 0 Å². The molecule has 3 rings (SSSR count). The summed E-state index contributed by atoms with van der Waals surface area (Å²) in [5, 5.41) is 4.92. The van der Waals surface area contributed by atoms with Crippen LogP contribution in [0.5, 0.6) is 11.6 Å². The van der Waals surface area contributed by atoms with Gasteiger partial charge in [0.1, 0.15) is 22.9 Å². The lowest BCUT2D eigenvalue weighted by Crippen LogP contribution is -2.19. The van der Waals surface area contributed by atoms with E-state index in [1.54, 1.807) is 48.5 Å². The van der Waals surface area contributed by atoms with E-state index in [1.165, 1.54) is 30.4 Å². The molecule has 0 unspecified atom stereocenters. The van der Waals surface area contributed by atoms with Gasteiger partial charge in [-0.15, -0.1) is 0 Å². The van der Waals surface area contributed by atoms with Crippen molar-refractivity contribution in [2.24, 2.45) is 5.10 Å². The van der Waals surface area contributed by atoms with Crippen LogP contribution in [-0.4, -0.2) is 27.8 Å². The first-order valence-corrected chi connectivity index (χ1v) is 9.41. The smallest absolute Gasteiger partial charge is 0.250 e. The highest BCUT2D eigenvalue weighted by Crippen LogP contribution is 2.24. The largest absolute Gasteiger partial charge is 0.439 e. The molecule has 1 aromatic heterocycles. The van der Waals surface area contributed by atoms with Crippen LogP contribution in [0, 0.1) is 5.82 Å². The number of benzene rings is 2. The second-order valence-electron chi connectivity index (χ2n) is 5.35. The third-order valence-electron chi connectivity index (χ3n) is 3.30. The zero-order chi connectivity index (χ0) is 19.8. The highest BCUT2D eigenvalue weighted by Gasteiger charge is 2.06. The Kier molecular flexibility index (Phi) is 6.94. The molecule has 1 N–H and O–H groups in total. The summed E-state index contributed by atoms with van der Waals surface area (Å²) < 4.78 is 19.1. The maximum Gasteiger partial charge on any atom is 0.250 e. The molecular weight excluding hydrogens is 403 g/mol. The summed E-state index contributed by atoms with van der Waals surface area (Å²) >= 11 is 7.03. The predicted molar refractivity (Wildman–Crippen MR) is 106 cm³/mol. The third-order valence-corrected chi connectivity index (χ3v) is 4.48. The van der Waals surface area contributed by atoms with E-state index in [-0.39, 0.29) is 17.2 Å². The van der Waals surface area contributed by atoms with Gasteiger partial charge >= 0.3 is 0 Å². The van der Waals surface area contributed by atoms with Crippen LogP contribution >= 0.6 is 23.4 Å². The first kappa shape index (κ1) is 19.8. The van der Waals surface area contributed by atoms with E-state index in [9.17, 15) is 9.18 Å². The maximum absolute atomic E-state index is 13.5. The van der Waals surface area contributed by atoms with Gasteiger partial charge in [-0.3, -0.25) is 4.79 Å². The molecule has 1 amide bonds. The minimum atomic E-state index is -0.413. The van der Waals surface area contributed by atoms with Crippen LogP contribution in [0.2, 0.25) is 5.02 Å². The van der Waals surface area contributed by atoms with E-state index in [4.69, 9.17) is 16.3 Å². The summed E-state index contributed by atoms with van der Waals surface area (Å²) in [5.41, 5.74) is 2.63. The number of hydrogen-bond donors (Lipinski definition) is 1. The Morgan fingerprint density at radius 2 is 2.00 bits per heavy atom. The van der Waals surface area contributed by atoms with E-state index in [0.717, 1.165) is 0 Å². The van der Waals surface area contributed by atoms with E-state index in [2.05, 4.69) is 20.5 Å². The number of carbonyl (C=O) groups excluding carboxylic acids is 1. The molecule has 0 aliphatic rings. The number of hydrogen-bond acceptors (Lipinski definition) is 6. The summed E-state index contributed by atoms with van der Waals surface area (Å²) in [5.74, 6) is 0.240. The topological polar surface area (TPSA) is 76.5 Å². The maximum atomic E-state index is 13.5. The Morgan fingerprint density at radius 3 is 2.79 bits per heavy atom. The third kappa shape index (κ3) is 6.04. The molecule has 0 fully saturated rings. The molecule has 0 atom stereocenters. The molecule has 1 heterocycles. The van der Waals surface area contributed by atoms with Crippen molar-refractivity contribution >= 4 is 35.5 Å². The molecule has 3 aromatic rings. The number of amides is 1. The van der Waals surface area contributed by atoms with Crippen LogP contribution in [0.4, 0.5) is 4.39 Å². The Balaban J connectivity index is 1.50. The van der Waals surface area contributed by atoms with Gasteiger partial charge in [-0.2, -0.15) is 5.10 Å². The van der Waals surface area contributed by atoms with Crippen LogP contribution in [0.25, 0.3) is 0 Å². The average molecular weight is 417 g/mol. The monoisotopic (exact) mass is 416 g/mol. The Hall–Kier alpha value is -2.97.